The summed E-state index contributed by atoms with van der Waals surface area (Å²) in [5, 5.41) is 0. The molecule has 2 N–H and O–H groups in total. The third-order valence-corrected chi connectivity index (χ3v) is 3.19. The predicted molar refractivity (Wildman–Crippen MR) is 73.6 cm³/mol. The van der Waals surface area contributed by atoms with Gasteiger partial charge in [0.2, 0.25) is 0 Å². The number of hydrogen-bond donors (Lipinski definition) is 1. The first-order valence-electron chi connectivity index (χ1n) is 6.06. The van der Waals surface area contributed by atoms with Gasteiger partial charge in [-0.05, 0) is 36.6 Å². The zero-order chi connectivity index (χ0) is 13.1. The van der Waals surface area contributed by atoms with Gasteiger partial charge in [0.15, 0.2) is 0 Å². The van der Waals surface area contributed by atoms with Crippen molar-refractivity contribution >= 4 is 0 Å². The number of aromatic nitrogens is 1. The molecule has 0 spiro atoms. The molecule has 0 aliphatic carbocycles. The lowest BCUT2D eigenvalue weighted by molar-refractivity contribution is 0.748. The lowest BCUT2D eigenvalue weighted by Gasteiger charge is -2.10. The average molecular weight is 242 g/mol. The second kappa shape index (κ2) is 5.19. The molecule has 0 unspecified atom stereocenters. The van der Waals surface area contributed by atoms with E-state index in [1.165, 1.54) is 5.56 Å². The Balaban J connectivity index is 2.34. The largest absolute Gasteiger partial charge is 0.326 e. The summed E-state index contributed by atoms with van der Waals surface area (Å²) >= 11 is 0. The molecule has 3 heteroatoms. The molecule has 18 heavy (non-hydrogen) atoms. The van der Waals surface area contributed by atoms with Crippen molar-refractivity contribution in [2.24, 2.45) is 5.73 Å². The van der Waals surface area contributed by atoms with Gasteiger partial charge in [-0.15, -0.1) is 0 Å². The van der Waals surface area contributed by atoms with Gasteiger partial charge in [0.05, 0.1) is 6.54 Å². The van der Waals surface area contributed by atoms with E-state index in [0.717, 1.165) is 16.7 Å². The van der Waals surface area contributed by atoms with Crippen LogP contribution in [0.5, 0.6) is 0 Å². The van der Waals surface area contributed by atoms with E-state index in [0.29, 0.717) is 13.1 Å². The van der Waals surface area contributed by atoms with Crippen molar-refractivity contribution in [3.05, 3.63) is 69.1 Å². The maximum atomic E-state index is 12.0. The average Bonchev–Trinajstić information content (AvgIpc) is 2.37. The summed E-state index contributed by atoms with van der Waals surface area (Å²) in [4.78, 5) is 12.0. The maximum Gasteiger partial charge on any atom is 0.253 e. The van der Waals surface area contributed by atoms with Crippen molar-refractivity contribution in [1.82, 2.24) is 4.57 Å². The van der Waals surface area contributed by atoms with Crippen molar-refractivity contribution in [3.8, 4) is 0 Å². The normalized spacial score (nSPS) is 10.6. The second-order valence-electron chi connectivity index (χ2n) is 4.59. The molecular formula is C15H18N2O. The quantitative estimate of drug-likeness (QED) is 0.894. The molecule has 2 aromatic rings. The van der Waals surface area contributed by atoms with Gasteiger partial charge in [0, 0.05) is 18.3 Å². The number of nitrogens with zero attached hydrogens (tertiary/aromatic N) is 1. The van der Waals surface area contributed by atoms with Crippen LogP contribution in [-0.2, 0) is 13.1 Å². The van der Waals surface area contributed by atoms with Crippen LogP contribution in [0.15, 0.2) is 41.3 Å². The van der Waals surface area contributed by atoms with Gasteiger partial charge in [0.1, 0.15) is 0 Å². The van der Waals surface area contributed by atoms with Crippen molar-refractivity contribution < 1.29 is 0 Å². The molecule has 0 aliphatic rings. The van der Waals surface area contributed by atoms with Crippen LogP contribution in [0, 0.1) is 13.8 Å². The second-order valence-corrected chi connectivity index (χ2v) is 4.59. The Kier molecular flexibility index (Phi) is 3.63. The lowest BCUT2D eigenvalue weighted by Crippen LogP contribution is -2.22. The number of hydrogen-bond acceptors (Lipinski definition) is 2. The molecule has 0 aliphatic heterocycles. The molecule has 2 rings (SSSR count). The van der Waals surface area contributed by atoms with Crippen molar-refractivity contribution in [2.75, 3.05) is 0 Å². The Morgan fingerprint density at radius 2 is 1.94 bits per heavy atom. The fourth-order valence-electron chi connectivity index (χ4n) is 2.03. The van der Waals surface area contributed by atoms with Crippen molar-refractivity contribution in [2.45, 2.75) is 26.9 Å². The van der Waals surface area contributed by atoms with Crippen LogP contribution in [0.25, 0.3) is 0 Å². The highest BCUT2D eigenvalue weighted by molar-refractivity contribution is 5.31. The highest BCUT2D eigenvalue weighted by atomic mass is 16.1. The Hall–Kier alpha value is -1.87. The van der Waals surface area contributed by atoms with E-state index in [1.54, 1.807) is 4.57 Å². The van der Waals surface area contributed by atoms with Gasteiger partial charge in [-0.25, -0.2) is 0 Å². The summed E-state index contributed by atoms with van der Waals surface area (Å²) in [6.45, 7) is 5.04. The molecule has 0 radical (unpaired) electrons. The number of aryl methyl sites for hydroxylation is 2. The van der Waals surface area contributed by atoms with Crippen LogP contribution < -0.4 is 11.3 Å². The highest BCUT2D eigenvalue weighted by Gasteiger charge is 2.03. The minimum atomic E-state index is 0.0693. The monoisotopic (exact) mass is 242 g/mol. The van der Waals surface area contributed by atoms with Gasteiger partial charge in [-0.1, -0.05) is 24.3 Å². The summed E-state index contributed by atoms with van der Waals surface area (Å²) in [6, 6.07) is 9.88. The molecule has 0 saturated heterocycles. The van der Waals surface area contributed by atoms with Crippen LogP contribution in [0.1, 0.15) is 22.3 Å². The fraction of sp³-hybridized carbons (Fsp3) is 0.267. The minimum absolute atomic E-state index is 0.0693. The number of pyridine rings is 1. The molecule has 0 atom stereocenters. The van der Waals surface area contributed by atoms with Crippen LogP contribution >= 0.6 is 0 Å². The molecule has 1 aromatic heterocycles. The standard InChI is InChI=1S/C15H18N2O/c1-11-4-3-7-17(15(11)18)10-14-6-5-13(9-16)8-12(14)2/h3-8H,9-10,16H2,1-2H3. The Bertz CT molecular complexity index is 614. The number of nitrogens with two attached hydrogens (primary N) is 1. The zero-order valence-corrected chi connectivity index (χ0v) is 10.8. The van der Waals surface area contributed by atoms with Gasteiger partial charge < -0.3 is 10.3 Å². The van der Waals surface area contributed by atoms with Gasteiger partial charge >= 0.3 is 0 Å². The third-order valence-electron chi connectivity index (χ3n) is 3.19. The molecule has 1 aromatic carbocycles. The first-order chi connectivity index (χ1) is 8.61. The topological polar surface area (TPSA) is 48.0 Å². The SMILES string of the molecule is Cc1cc(CN)ccc1Cn1cccc(C)c1=O. The molecule has 1 heterocycles. The molecule has 0 amide bonds. The molecule has 0 saturated carbocycles. The fourth-order valence-corrected chi connectivity index (χ4v) is 2.03. The third kappa shape index (κ3) is 2.51. The number of benzene rings is 1. The van der Waals surface area contributed by atoms with Crippen LogP contribution in [-0.4, -0.2) is 4.57 Å². The first-order valence-corrected chi connectivity index (χ1v) is 6.06. The lowest BCUT2D eigenvalue weighted by atomic mass is 10.0. The zero-order valence-electron chi connectivity index (χ0n) is 10.8. The summed E-state index contributed by atoms with van der Waals surface area (Å²) < 4.78 is 1.74. The Labute approximate surface area is 107 Å². The Morgan fingerprint density at radius 1 is 1.17 bits per heavy atom. The van der Waals surface area contributed by atoms with E-state index in [1.807, 2.05) is 37.4 Å². The van der Waals surface area contributed by atoms with Gasteiger partial charge in [0.25, 0.3) is 5.56 Å². The molecule has 94 valence electrons. The first kappa shape index (κ1) is 12.6. The molecule has 0 bridgehead atoms. The summed E-state index contributed by atoms with van der Waals surface area (Å²) in [5.41, 5.74) is 9.89. The highest BCUT2D eigenvalue weighted by Crippen LogP contribution is 2.12. The minimum Gasteiger partial charge on any atom is -0.326 e. The molecular weight excluding hydrogens is 224 g/mol. The summed E-state index contributed by atoms with van der Waals surface area (Å²) in [7, 11) is 0. The summed E-state index contributed by atoms with van der Waals surface area (Å²) in [6.07, 6.45) is 1.83. The van der Waals surface area contributed by atoms with Gasteiger partial charge in [-0.3, -0.25) is 4.79 Å². The van der Waals surface area contributed by atoms with E-state index in [9.17, 15) is 4.79 Å². The van der Waals surface area contributed by atoms with E-state index >= 15 is 0 Å². The van der Waals surface area contributed by atoms with Crippen LogP contribution in [0.3, 0.4) is 0 Å². The van der Waals surface area contributed by atoms with E-state index in [-0.39, 0.29) is 5.56 Å². The predicted octanol–water partition coefficient (Wildman–Crippen LogP) is 1.97. The van der Waals surface area contributed by atoms with Gasteiger partial charge in [-0.2, -0.15) is 0 Å². The van der Waals surface area contributed by atoms with Crippen LogP contribution in [0.2, 0.25) is 0 Å². The number of rotatable bonds is 3. The smallest absolute Gasteiger partial charge is 0.253 e. The van der Waals surface area contributed by atoms with Crippen molar-refractivity contribution in [1.29, 1.82) is 0 Å². The maximum absolute atomic E-state index is 12.0. The summed E-state index contributed by atoms with van der Waals surface area (Å²) in [5.74, 6) is 0. The van der Waals surface area contributed by atoms with E-state index < -0.39 is 0 Å². The van der Waals surface area contributed by atoms with Crippen molar-refractivity contribution in [3.63, 3.8) is 0 Å². The van der Waals surface area contributed by atoms with Crippen LogP contribution in [0.4, 0.5) is 0 Å². The Morgan fingerprint density at radius 3 is 2.61 bits per heavy atom. The molecule has 0 fully saturated rings. The van der Waals surface area contributed by atoms with E-state index in [4.69, 9.17) is 5.73 Å². The molecule has 3 nitrogen and oxygen atoms in total. The van der Waals surface area contributed by atoms with E-state index in [2.05, 4.69) is 13.0 Å².